The van der Waals surface area contributed by atoms with E-state index < -0.39 is 5.97 Å². The first-order valence-electron chi connectivity index (χ1n) is 12.0. The van der Waals surface area contributed by atoms with Gasteiger partial charge in [0.05, 0.1) is 17.0 Å². The molecular formula is C29H30BrN3O3. The second-order valence-corrected chi connectivity index (χ2v) is 10.1. The van der Waals surface area contributed by atoms with Gasteiger partial charge in [-0.3, -0.25) is 9.59 Å². The van der Waals surface area contributed by atoms with Crippen molar-refractivity contribution in [1.82, 2.24) is 4.90 Å². The van der Waals surface area contributed by atoms with E-state index in [0.717, 1.165) is 51.9 Å². The van der Waals surface area contributed by atoms with Crippen molar-refractivity contribution in [2.45, 2.75) is 25.7 Å². The maximum Gasteiger partial charge on any atom is 0.303 e. The highest BCUT2D eigenvalue weighted by Crippen LogP contribution is 2.39. The number of amides is 1. The molecule has 0 spiro atoms. The molecule has 0 radical (unpaired) electrons. The summed E-state index contributed by atoms with van der Waals surface area (Å²) >= 11 is 3.48. The minimum absolute atomic E-state index is 0.0507. The molecule has 4 rings (SSSR count). The van der Waals surface area contributed by atoms with E-state index in [9.17, 15) is 9.59 Å². The number of nitrogens with zero attached hydrogens (tertiary/aromatic N) is 1. The average Bonchev–Trinajstić information content (AvgIpc) is 3.16. The number of benzene rings is 3. The van der Waals surface area contributed by atoms with Crippen LogP contribution in [-0.4, -0.2) is 42.5 Å². The monoisotopic (exact) mass is 547 g/mol. The van der Waals surface area contributed by atoms with Gasteiger partial charge in [0.15, 0.2) is 0 Å². The summed E-state index contributed by atoms with van der Waals surface area (Å²) < 4.78 is 0.887. The molecule has 0 saturated carbocycles. The number of nitrogens with one attached hydrogen (secondary N) is 2. The molecule has 3 aromatic rings. The molecule has 0 saturated heterocycles. The molecule has 0 bridgehead atoms. The number of fused-ring (bicyclic) bond motifs is 1. The first kappa shape index (κ1) is 25.7. The van der Waals surface area contributed by atoms with Gasteiger partial charge in [0, 0.05) is 22.1 Å². The minimum Gasteiger partial charge on any atom is -0.481 e. The lowest BCUT2D eigenvalue weighted by Crippen LogP contribution is -2.13. The zero-order valence-electron chi connectivity index (χ0n) is 20.5. The number of carbonyl (C=O) groups excluding carboxylic acids is 1. The van der Waals surface area contributed by atoms with Gasteiger partial charge in [-0.05, 0) is 86.9 Å². The smallest absolute Gasteiger partial charge is 0.303 e. The van der Waals surface area contributed by atoms with Crippen molar-refractivity contribution in [3.05, 3.63) is 93.5 Å². The molecule has 0 aromatic heterocycles. The molecule has 36 heavy (non-hydrogen) atoms. The van der Waals surface area contributed by atoms with E-state index in [1.807, 2.05) is 54.6 Å². The van der Waals surface area contributed by atoms with Gasteiger partial charge in [-0.2, -0.15) is 0 Å². The summed E-state index contributed by atoms with van der Waals surface area (Å²) in [6.45, 7) is 1.02. The van der Waals surface area contributed by atoms with Crippen LogP contribution in [0.3, 0.4) is 0 Å². The molecule has 0 unspecified atom stereocenters. The fraction of sp³-hybridized carbons (Fsp3) is 0.241. The predicted octanol–water partition coefficient (Wildman–Crippen LogP) is 5.89. The van der Waals surface area contributed by atoms with Gasteiger partial charge in [0.25, 0.3) is 5.91 Å². The highest BCUT2D eigenvalue weighted by molar-refractivity contribution is 9.10. The standard InChI is InChI=1S/C29H30BrN3O3/c1-33(2)15-5-8-19-7-4-10-23(17-19)31-28(21-9-3-6-20(16-21)11-14-26(34)35)27-24-13-12-22(30)18-25(24)32-29(27)36/h3-4,6-7,9-10,12-13,16-18,31H,5,8,11,14-15H2,1-2H3,(H,32,36)(H,34,35)/b28-27-. The summed E-state index contributed by atoms with van der Waals surface area (Å²) in [6.07, 6.45) is 2.49. The van der Waals surface area contributed by atoms with Crippen LogP contribution in [0.25, 0.3) is 11.3 Å². The van der Waals surface area contributed by atoms with Crippen molar-refractivity contribution in [1.29, 1.82) is 0 Å². The molecule has 3 aromatic carbocycles. The third kappa shape index (κ3) is 6.42. The van der Waals surface area contributed by atoms with Crippen LogP contribution in [0, 0.1) is 0 Å². The highest BCUT2D eigenvalue weighted by atomic mass is 79.9. The Balaban J connectivity index is 1.75. The molecule has 1 aliphatic rings. The lowest BCUT2D eigenvalue weighted by Gasteiger charge is -2.17. The number of carbonyl (C=O) groups is 2. The fourth-order valence-corrected chi connectivity index (χ4v) is 4.72. The molecule has 1 heterocycles. The van der Waals surface area contributed by atoms with Crippen molar-refractivity contribution in [2.24, 2.45) is 0 Å². The molecule has 7 heteroatoms. The number of aliphatic carboxylic acids is 1. The SMILES string of the molecule is CN(C)CCCc1cccc(N/C(=C2\C(=O)Nc3cc(Br)ccc32)c2cccc(CCC(=O)O)c2)c1. The molecule has 186 valence electrons. The van der Waals surface area contributed by atoms with E-state index in [1.165, 1.54) is 5.56 Å². The number of aryl methyl sites for hydroxylation is 2. The number of hydrogen-bond acceptors (Lipinski definition) is 4. The largest absolute Gasteiger partial charge is 0.481 e. The molecule has 0 atom stereocenters. The summed E-state index contributed by atoms with van der Waals surface area (Å²) in [7, 11) is 4.15. The summed E-state index contributed by atoms with van der Waals surface area (Å²) in [5, 5.41) is 15.6. The second kappa shape index (κ2) is 11.5. The van der Waals surface area contributed by atoms with Crippen LogP contribution in [0.15, 0.2) is 71.2 Å². The van der Waals surface area contributed by atoms with Gasteiger partial charge in [-0.15, -0.1) is 0 Å². The quantitative estimate of drug-likeness (QED) is 0.275. The van der Waals surface area contributed by atoms with Crippen molar-refractivity contribution in [3.8, 4) is 0 Å². The average molecular weight is 548 g/mol. The number of rotatable bonds is 10. The molecular weight excluding hydrogens is 518 g/mol. The Morgan fingerprint density at radius 3 is 2.50 bits per heavy atom. The zero-order valence-corrected chi connectivity index (χ0v) is 22.1. The maximum atomic E-state index is 13.2. The molecule has 0 fully saturated rings. The predicted molar refractivity (Wildman–Crippen MR) is 149 cm³/mol. The van der Waals surface area contributed by atoms with Gasteiger partial charge >= 0.3 is 5.97 Å². The summed E-state index contributed by atoms with van der Waals surface area (Å²) in [5.41, 5.74) is 6.68. The van der Waals surface area contributed by atoms with E-state index in [-0.39, 0.29) is 12.3 Å². The number of halogens is 1. The Morgan fingerprint density at radius 1 is 1.00 bits per heavy atom. The Hall–Kier alpha value is -3.42. The first-order valence-corrected chi connectivity index (χ1v) is 12.8. The van der Waals surface area contributed by atoms with Gasteiger partial charge in [-0.25, -0.2) is 0 Å². The van der Waals surface area contributed by atoms with Crippen LogP contribution in [-0.2, 0) is 22.4 Å². The number of anilines is 2. The number of carboxylic acid groups (broad SMARTS) is 1. The van der Waals surface area contributed by atoms with Gasteiger partial charge in [0.2, 0.25) is 0 Å². The van der Waals surface area contributed by atoms with Crippen LogP contribution in [0.1, 0.15) is 35.1 Å². The second-order valence-electron chi connectivity index (χ2n) is 9.22. The lowest BCUT2D eigenvalue weighted by molar-refractivity contribution is -0.137. The van der Waals surface area contributed by atoms with Gasteiger partial charge < -0.3 is 20.6 Å². The van der Waals surface area contributed by atoms with Gasteiger partial charge in [0.1, 0.15) is 0 Å². The molecule has 0 aliphatic carbocycles. The Morgan fingerprint density at radius 2 is 1.75 bits per heavy atom. The van der Waals surface area contributed by atoms with E-state index in [4.69, 9.17) is 5.11 Å². The molecule has 1 amide bonds. The summed E-state index contributed by atoms with van der Waals surface area (Å²) in [5.74, 6) is -1.01. The van der Waals surface area contributed by atoms with Crippen LogP contribution in [0.4, 0.5) is 11.4 Å². The number of hydrogen-bond donors (Lipinski definition) is 3. The highest BCUT2D eigenvalue weighted by Gasteiger charge is 2.28. The molecule has 6 nitrogen and oxygen atoms in total. The van der Waals surface area contributed by atoms with Crippen LogP contribution < -0.4 is 10.6 Å². The maximum absolute atomic E-state index is 13.2. The third-order valence-corrected chi connectivity index (χ3v) is 6.58. The van der Waals surface area contributed by atoms with Crippen LogP contribution >= 0.6 is 15.9 Å². The first-order chi connectivity index (χ1) is 17.3. The number of carboxylic acids is 1. The Bertz CT molecular complexity index is 1320. The zero-order chi connectivity index (χ0) is 25.7. The molecule has 1 aliphatic heterocycles. The van der Waals surface area contributed by atoms with E-state index in [2.05, 4.69) is 57.7 Å². The Kier molecular flexibility index (Phi) is 8.23. The fourth-order valence-electron chi connectivity index (χ4n) is 4.35. The normalized spacial score (nSPS) is 13.9. The van der Waals surface area contributed by atoms with E-state index in [1.54, 1.807) is 0 Å². The van der Waals surface area contributed by atoms with Crippen LogP contribution in [0.2, 0.25) is 0 Å². The van der Waals surface area contributed by atoms with Gasteiger partial charge in [-0.1, -0.05) is 52.3 Å². The lowest BCUT2D eigenvalue weighted by atomic mass is 9.97. The van der Waals surface area contributed by atoms with Crippen molar-refractivity contribution in [3.63, 3.8) is 0 Å². The summed E-state index contributed by atoms with van der Waals surface area (Å²) in [4.78, 5) is 26.5. The minimum atomic E-state index is -0.835. The third-order valence-electron chi connectivity index (χ3n) is 6.09. The van der Waals surface area contributed by atoms with Crippen molar-refractivity contribution in [2.75, 3.05) is 31.3 Å². The van der Waals surface area contributed by atoms with Crippen LogP contribution in [0.5, 0.6) is 0 Å². The van der Waals surface area contributed by atoms with Crippen molar-refractivity contribution < 1.29 is 14.7 Å². The van der Waals surface area contributed by atoms with E-state index in [0.29, 0.717) is 17.7 Å². The van der Waals surface area contributed by atoms with Crippen molar-refractivity contribution >= 4 is 50.5 Å². The summed E-state index contributed by atoms with van der Waals surface area (Å²) in [6, 6.07) is 21.8. The Labute approximate surface area is 220 Å². The van der Waals surface area contributed by atoms with E-state index >= 15 is 0 Å². The molecule has 3 N–H and O–H groups in total. The topological polar surface area (TPSA) is 81.7 Å².